The minimum absolute atomic E-state index is 0.0848. The second-order valence-corrected chi connectivity index (χ2v) is 8.40. The average molecular weight is 376 g/mol. The Morgan fingerprint density at radius 1 is 1.38 bits per heavy atom. The highest BCUT2D eigenvalue weighted by atomic mass is 35.5. The average Bonchev–Trinajstić information content (AvgIpc) is 2.91. The molecule has 1 aromatic carbocycles. The van der Waals surface area contributed by atoms with Crippen LogP contribution in [0.1, 0.15) is 30.5 Å². The van der Waals surface area contributed by atoms with E-state index in [1.165, 1.54) is 16.6 Å². The summed E-state index contributed by atoms with van der Waals surface area (Å²) in [6.45, 7) is 5.56. The van der Waals surface area contributed by atoms with Gasteiger partial charge in [0.1, 0.15) is 0 Å². The van der Waals surface area contributed by atoms with Crippen molar-refractivity contribution in [3.8, 4) is 0 Å². The van der Waals surface area contributed by atoms with E-state index in [9.17, 15) is 9.90 Å². The maximum atomic E-state index is 12.1. The maximum absolute atomic E-state index is 12.1. The van der Waals surface area contributed by atoms with E-state index in [4.69, 9.17) is 11.6 Å². The number of carbonyl (C=O) groups is 1. The fourth-order valence-corrected chi connectivity index (χ4v) is 5.10. The van der Waals surface area contributed by atoms with Crippen molar-refractivity contribution in [2.45, 2.75) is 38.8 Å². The summed E-state index contributed by atoms with van der Waals surface area (Å²) in [5, 5.41) is 11.8. The summed E-state index contributed by atoms with van der Waals surface area (Å²) in [5.41, 5.74) is 2.96. The van der Waals surface area contributed by atoms with Crippen LogP contribution in [-0.2, 0) is 11.3 Å². The number of aliphatic carboxylic acids is 1. The zero-order valence-corrected chi connectivity index (χ0v) is 16.1. The molecule has 2 aliphatic rings. The molecule has 2 fully saturated rings. The highest BCUT2D eigenvalue weighted by Gasteiger charge is 2.52. The first-order chi connectivity index (χ1) is 12.4. The van der Waals surface area contributed by atoms with Gasteiger partial charge < -0.3 is 15.0 Å². The lowest BCUT2D eigenvalue weighted by molar-refractivity contribution is -0.162. The van der Waals surface area contributed by atoms with E-state index in [2.05, 4.69) is 28.8 Å². The van der Waals surface area contributed by atoms with Crippen molar-refractivity contribution in [1.29, 1.82) is 0 Å². The summed E-state index contributed by atoms with van der Waals surface area (Å²) in [6.07, 6.45) is 2.50. The van der Waals surface area contributed by atoms with Crippen LogP contribution in [0.4, 0.5) is 0 Å². The molecule has 2 aliphatic heterocycles. The number of likely N-dealkylation sites (tertiary alicyclic amines) is 2. The van der Waals surface area contributed by atoms with Gasteiger partial charge in [0.2, 0.25) is 0 Å². The van der Waals surface area contributed by atoms with Crippen LogP contribution in [-0.4, -0.2) is 58.6 Å². The van der Waals surface area contributed by atoms with Gasteiger partial charge in [0.25, 0.3) is 0 Å². The summed E-state index contributed by atoms with van der Waals surface area (Å²) >= 11 is 6.14. The van der Waals surface area contributed by atoms with Crippen LogP contribution < -0.4 is 0 Å². The Morgan fingerprint density at radius 3 is 2.96 bits per heavy atom. The number of benzene rings is 1. The van der Waals surface area contributed by atoms with Crippen LogP contribution in [0.15, 0.2) is 18.2 Å². The number of fused-ring (bicyclic) bond motifs is 2. The predicted molar refractivity (Wildman–Crippen MR) is 104 cm³/mol. The van der Waals surface area contributed by atoms with Crippen LogP contribution in [0.3, 0.4) is 0 Å². The van der Waals surface area contributed by atoms with Crippen LogP contribution in [0.5, 0.6) is 0 Å². The van der Waals surface area contributed by atoms with E-state index in [1.807, 2.05) is 18.2 Å². The molecule has 2 N–H and O–H groups in total. The molecule has 2 atom stereocenters. The summed E-state index contributed by atoms with van der Waals surface area (Å²) in [7, 11) is 2.07. The fourth-order valence-electron chi connectivity index (χ4n) is 4.92. The molecule has 2 saturated heterocycles. The molecule has 0 amide bonds. The number of nitrogens with one attached hydrogen (secondary N) is 1. The van der Waals surface area contributed by atoms with Crippen molar-refractivity contribution in [1.82, 2.24) is 14.8 Å². The second kappa shape index (κ2) is 6.55. The van der Waals surface area contributed by atoms with Gasteiger partial charge >= 0.3 is 5.97 Å². The third-order valence-corrected chi connectivity index (χ3v) is 6.78. The van der Waals surface area contributed by atoms with Crippen LogP contribution in [0, 0.1) is 12.3 Å². The largest absolute Gasteiger partial charge is 0.481 e. The van der Waals surface area contributed by atoms with Crippen molar-refractivity contribution >= 4 is 28.5 Å². The first-order valence-electron chi connectivity index (χ1n) is 9.33. The standard InChI is InChI=1S/C20H26ClN3O2/c1-13-15-10-14(21)4-5-16(15)22-17(13)11-24-9-7-20(19(25)26)6-3-8-23(2)18(20)12-24/h4-5,10,18,22H,3,6-9,11-12H2,1-2H3,(H,25,26)/t18-,20+/m1/s1. The quantitative estimate of drug-likeness (QED) is 0.862. The number of carboxylic acids is 1. The first kappa shape index (κ1) is 17.8. The fraction of sp³-hybridized carbons (Fsp3) is 0.550. The van der Waals surface area contributed by atoms with Gasteiger partial charge in [-0.3, -0.25) is 9.69 Å². The van der Waals surface area contributed by atoms with E-state index < -0.39 is 11.4 Å². The number of aryl methyl sites for hydroxylation is 1. The first-order valence-corrected chi connectivity index (χ1v) is 9.71. The normalized spacial score (nSPS) is 27.6. The molecule has 3 heterocycles. The van der Waals surface area contributed by atoms with Gasteiger partial charge in [0.05, 0.1) is 5.41 Å². The van der Waals surface area contributed by atoms with Gasteiger partial charge in [-0.2, -0.15) is 0 Å². The third-order valence-electron chi connectivity index (χ3n) is 6.54. The molecule has 0 bridgehead atoms. The lowest BCUT2D eigenvalue weighted by atomic mass is 9.68. The lowest BCUT2D eigenvalue weighted by Gasteiger charge is -2.51. The summed E-state index contributed by atoms with van der Waals surface area (Å²) in [6, 6.07) is 6.02. The predicted octanol–water partition coefficient (Wildman–Crippen LogP) is 3.50. The van der Waals surface area contributed by atoms with E-state index in [-0.39, 0.29) is 6.04 Å². The second-order valence-electron chi connectivity index (χ2n) is 7.96. The number of rotatable bonds is 3. The molecule has 0 saturated carbocycles. The molecule has 5 nitrogen and oxygen atoms in total. The zero-order chi connectivity index (χ0) is 18.5. The minimum Gasteiger partial charge on any atom is -0.481 e. The molecular weight excluding hydrogens is 350 g/mol. The number of piperidine rings is 2. The van der Waals surface area contributed by atoms with Crippen molar-refractivity contribution in [2.24, 2.45) is 5.41 Å². The van der Waals surface area contributed by atoms with E-state index in [1.54, 1.807) is 0 Å². The lowest BCUT2D eigenvalue weighted by Crippen LogP contribution is -2.62. The number of hydrogen-bond donors (Lipinski definition) is 2. The molecule has 0 unspecified atom stereocenters. The molecule has 0 radical (unpaired) electrons. The molecule has 26 heavy (non-hydrogen) atoms. The Morgan fingerprint density at radius 2 is 2.19 bits per heavy atom. The third kappa shape index (κ3) is 2.82. The van der Waals surface area contributed by atoms with Gasteiger partial charge in [-0.1, -0.05) is 11.6 Å². The Hall–Kier alpha value is -1.56. The smallest absolute Gasteiger partial charge is 0.311 e. The molecular formula is C20H26ClN3O2. The SMILES string of the molecule is Cc1c(CN2CC[C@@]3(C(=O)O)CCCN(C)[C@@H]3C2)[nH]c2ccc(Cl)cc12. The monoisotopic (exact) mass is 375 g/mol. The Bertz CT molecular complexity index is 849. The number of halogens is 1. The number of H-pyrrole nitrogens is 1. The van der Waals surface area contributed by atoms with Crippen molar-refractivity contribution < 1.29 is 9.90 Å². The summed E-state index contributed by atoms with van der Waals surface area (Å²) in [5.74, 6) is -0.620. The van der Waals surface area contributed by atoms with E-state index in [0.29, 0.717) is 0 Å². The highest BCUT2D eigenvalue weighted by molar-refractivity contribution is 6.31. The van der Waals surface area contributed by atoms with Crippen LogP contribution in [0.25, 0.3) is 10.9 Å². The van der Waals surface area contributed by atoms with Gasteiger partial charge in [0, 0.05) is 40.8 Å². The van der Waals surface area contributed by atoms with E-state index in [0.717, 1.165) is 56.0 Å². The van der Waals surface area contributed by atoms with Gasteiger partial charge in [0.15, 0.2) is 0 Å². The van der Waals surface area contributed by atoms with Gasteiger partial charge in [-0.25, -0.2) is 0 Å². The summed E-state index contributed by atoms with van der Waals surface area (Å²) < 4.78 is 0. The highest BCUT2D eigenvalue weighted by Crippen LogP contribution is 2.42. The van der Waals surface area contributed by atoms with Crippen molar-refractivity contribution in [3.63, 3.8) is 0 Å². The van der Waals surface area contributed by atoms with Gasteiger partial charge in [-0.05, 0) is 70.1 Å². The summed E-state index contributed by atoms with van der Waals surface area (Å²) in [4.78, 5) is 20.2. The minimum atomic E-state index is -0.620. The Labute approximate surface area is 158 Å². The molecule has 2 aromatic rings. The zero-order valence-electron chi connectivity index (χ0n) is 15.4. The number of aromatic nitrogens is 1. The van der Waals surface area contributed by atoms with Crippen LogP contribution >= 0.6 is 11.6 Å². The van der Waals surface area contributed by atoms with E-state index >= 15 is 0 Å². The Balaban J connectivity index is 1.57. The molecule has 4 rings (SSSR count). The molecule has 140 valence electrons. The number of hydrogen-bond acceptors (Lipinski definition) is 3. The number of likely N-dealkylation sites (N-methyl/N-ethyl adjacent to an activating group) is 1. The van der Waals surface area contributed by atoms with Crippen molar-refractivity contribution in [2.75, 3.05) is 26.7 Å². The van der Waals surface area contributed by atoms with Crippen LogP contribution in [0.2, 0.25) is 5.02 Å². The number of aromatic amines is 1. The maximum Gasteiger partial charge on any atom is 0.311 e. The topological polar surface area (TPSA) is 59.6 Å². The molecule has 0 spiro atoms. The Kier molecular flexibility index (Phi) is 4.49. The van der Waals surface area contributed by atoms with Crippen molar-refractivity contribution in [3.05, 3.63) is 34.5 Å². The molecule has 6 heteroatoms. The van der Waals surface area contributed by atoms with Gasteiger partial charge in [-0.15, -0.1) is 0 Å². The number of nitrogens with zero attached hydrogens (tertiary/aromatic N) is 2. The number of carboxylic acid groups (broad SMARTS) is 1. The molecule has 1 aromatic heterocycles. The molecule has 0 aliphatic carbocycles.